The highest BCUT2D eigenvalue weighted by Crippen LogP contribution is 2.47. The van der Waals surface area contributed by atoms with Crippen LogP contribution in [-0.2, 0) is 0 Å². The molecule has 0 aromatic carbocycles. The molecule has 2 amide bonds. The van der Waals surface area contributed by atoms with Gasteiger partial charge in [0.1, 0.15) is 0 Å². The van der Waals surface area contributed by atoms with Crippen molar-refractivity contribution in [2.45, 2.75) is 63.5 Å². The molecule has 21 heavy (non-hydrogen) atoms. The van der Waals surface area contributed by atoms with Crippen LogP contribution >= 0.6 is 0 Å². The highest BCUT2D eigenvalue weighted by molar-refractivity contribution is 5.94. The summed E-state index contributed by atoms with van der Waals surface area (Å²) in [6, 6.07) is 0.370. The highest BCUT2D eigenvalue weighted by atomic mass is 16.2. The number of nitrogens with two attached hydrogens (primary N) is 1. The van der Waals surface area contributed by atoms with Crippen molar-refractivity contribution in [3.8, 4) is 0 Å². The molecule has 0 aliphatic heterocycles. The van der Waals surface area contributed by atoms with Crippen LogP contribution in [0.25, 0.3) is 0 Å². The van der Waals surface area contributed by atoms with Crippen molar-refractivity contribution in [2.24, 2.45) is 29.4 Å². The van der Waals surface area contributed by atoms with Gasteiger partial charge in [-0.25, -0.2) is 4.79 Å². The van der Waals surface area contributed by atoms with Crippen molar-refractivity contribution in [1.29, 1.82) is 5.41 Å². The number of hydrogen-bond acceptors (Lipinski definition) is 2. The van der Waals surface area contributed by atoms with Crippen molar-refractivity contribution in [3.05, 3.63) is 0 Å². The summed E-state index contributed by atoms with van der Waals surface area (Å²) in [5.74, 6) is 2.70. The van der Waals surface area contributed by atoms with Crippen molar-refractivity contribution < 1.29 is 4.79 Å². The van der Waals surface area contributed by atoms with Gasteiger partial charge in [-0.1, -0.05) is 12.8 Å². The van der Waals surface area contributed by atoms with E-state index in [1.807, 2.05) is 0 Å². The summed E-state index contributed by atoms with van der Waals surface area (Å²) in [5.41, 5.74) is 5.75. The van der Waals surface area contributed by atoms with E-state index in [0.717, 1.165) is 24.7 Å². The van der Waals surface area contributed by atoms with E-state index in [4.69, 9.17) is 11.1 Å². The van der Waals surface area contributed by atoms with Crippen molar-refractivity contribution in [3.63, 3.8) is 0 Å². The molecule has 4 rings (SSSR count). The zero-order valence-corrected chi connectivity index (χ0v) is 12.6. The lowest BCUT2D eigenvalue weighted by molar-refractivity contribution is 0.180. The van der Waals surface area contributed by atoms with Gasteiger partial charge in [0.2, 0.25) is 0 Å². The van der Waals surface area contributed by atoms with E-state index < -0.39 is 0 Å². The third kappa shape index (κ3) is 2.21. The van der Waals surface area contributed by atoms with Crippen LogP contribution in [0.15, 0.2) is 0 Å². The van der Waals surface area contributed by atoms with Crippen molar-refractivity contribution in [1.82, 2.24) is 10.2 Å². The Bertz CT molecular complexity index is 465. The second-order valence-corrected chi connectivity index (χ2v) is 7.73. The molecule has 4 N–H and O–H groups in total. The minimum Gasteiger partial charge on any atom is -0.370 e. The number of fused-ring (bicyclic) bond motifs is 4. The van der Waals surface area contributed by atoms with Gasteiger partial charge in [-0.2, -0.15) is 0 Å². The summed E-state index contributed by atoms with van der Waals surface area (Å²) < 4.78 is 0. The van der Waals surface area contributed by atoms with E-state index in [1.54, 1.807) is 4.90 Å². The Morgan fingerprint density at radius 3 is 2.14 bits per heavy atom. The molecule has 0 aromatic rings. The minimum atomic E-state index is -0.113. The monoisotopic (exact) mass is 290 g/mol. The molecule has 4 aliphatic rings. The average molecular weight is 290 g/mol. The van der Waals surface area contributed by atoms with Crippen molar-refractivity contribution >= 4 is 12.0 Å². The molecule has 6 atom stereocenters. The van der Waals surface area contributed by atoms with Gasteiger partial charge in [0.15, 0.2) is 5.96 Å². The summed E-state index contributed by atoms with van der Waals surface area (Å²) in [6.07, 6.45) is 9.73. The first-order chi connectivity index (χ1) is 10.1. The Kier molecular flexibility index (Phi) is 3.12. The zero-order valence-electron chi connectivity index (χ0n) is 12.6. The lowest BCUT2D eigenvalue weighted by Crippen LogP contribution is -2.56. The van der Waals surface area contributed by atoms with E-state index in [2.05, 4.69) is 5.32 Å². The van der Waals surface area contributed by atoms with Crippen LogP contribution in [0, 0.1) is 29.1 Å². The second-order valence-electron chi connectivity index (χ2n) is 7.73. The number of amides is 2. The average Bonchev–Trinajstić information content (AvgIpc) is 3.18. The lowest BCUT2D eigenvalue weighted by atomic mass is 9.94. The van der Waals surface area contributed by atoms with Crippen molar-refractivity contribution in [2.75, 3.05) is 0 Å². The molecule has 0 heterocycles. The summed E-state index contributed by atoms with van der Waals surface area (Å²) in [7, 11) is 0. The molecule has 5 nitrogen and oxygen atoms in total. The van der Waals surface area contributed by atoms with Crippen LogP contribution < -0.4 is 11.1 Å². The number of rotatable bonds is 2. The smallest absolute Gasteiger partial charge is 0.324 e. The number of nitrogens with zero attached hydrogens (tertiary/aromatic N) is 1. The summed E-state index contributed by atoms with van der Waals surface area (Å²) in [4.78, 5) is 14.2. The molecule has 116 valence electrons. The Morgan fingerprint density at radius 2 is 1.67 bits per heavy atom. The maximum atomic E-state index is 12.7. The molecular formula is C16H26N4O. The largest absolute Gasteiger partial charge is 0.370 e. The van der Waals surface area contributed by atoms with E-state index in [9.17, 15) is 4.79 Å². The lowest BCUT2D eigenvalue weighted by Gasteiger charge is -2.35. The van der Waals surface area contributed by atoms with Gasteiger partial charge in [-0.3, -0.25) is 10.3 Å². The molecule has 0 radical (unpaired) electrons. The Labute approximate surface area is 126 Å². The van der Waals surface area contributed by atoms with Gasteiger partial charge in [-0.15, -0.1) is 0 Å². The van der Waals surface area contributed by atoms with Gasteiger partial charge in [-0.05, 0) is 62.2 Å². The van der Waals surface area contributed by atoms with E-state index in [-0.39, 0.29) is 18.0 Å². The molecule has 0 spiro atoms. The SMILES string of the molecule is N=C(N)N(C(=O)NC1CC2CCC1C2)C1CC2CCC1C2. The topological polar surface area (TPSA) is 82.2 Å². The van der Waals surface area contributed by atoms with Gasteiger partial charge < -0.3 is 11.1 Å². The van der Waals surface area contributed by atoms with Crippen LogP contribution in [0.5, 0.6) is 0 Å². The van der Waals surface area contributed by atoms with Crippen LogP contribution in [-0.4, -0.2) is 29.0 Å². The third-order valence-electron chi connectivity index (χ3n) is 6.56. The van der Waals surface area contributed by atoms with Crippen LogP contribution in [0.1, 0.15) is 51.4 Å². The first-order valence-corrected chi connectivity index (χ1v) is 8.55. The molecule has 4 bridgehead atoms. The number of carbonyl (C=O) groups excluding carboxylic acids is 1. The molecule has 6 unspecified atom stereocenters. The van der Waals surface area contributed by atoms with Crippen LogP contribution in [0.3, 0.4) is 0 Å². The quantitative estimate of drug-likeness (QED) is 0.538. The highest BCUT2D eigenvalue weighted by Gasteiger charge is 2.46. The number of guanidine groups is 1. The number of carbonyl (C=O) groups is 1. The number of nitrogens with one attached hydrogen (secondary N) is 2. The molecule has 4 aliphatic carbocycles. The first-order valence-electron chi connectivity index (χ1n) is 8.55. The maximum Gasteiger partial charge on any atom is 0.324 e. The second kappa shape index (κ2) is 4.89. The fraction of sp³-hybridized carbons (Fsp3) is 0.875. The zero-order chi connectivity index (χ0) is 14.6. The van der Waals surface area contributed by atoms with Gasteiger partial charge in [0.05, 0.1) is 0 Å². The molecule has 0 saturated heterocycles. The minimum absolute atomic E-state index is 0.0757. The maximum absolute atomic E-state index is 12.7. The molecule has 5 heteroatoms. The molecule has 0 aromatic heterocycles. The molecule has 4 fully saturated rings. The summed E-state index contributed by atoms with van der Waals surface area (Å²) in [6.45, 7) is 0. The third-order valence-corrected chi connectivity index (χ3v) is 6.56. The normalized spacial score (nSPS) is 43.2. The fourth-order valence-corrected chi connectivity index (χ4v) is 5.62. The summed E-state index contributed by atoms with van der Waals surface area (Å²) >= 11 is 0. The summed E-state index contributed by atoms with van der Waals surface area (Å²) in [5, 5.41) is 11.0. The van der Waals surface area contributed by atoms with Gasteiger partial charge >= 0.3 is 6.03 Å². The van der Waals surface area contributed by atoms with E-state index in [1.165, 1.54) is 38.5 Å². The number of urea groups is 1. The fourth-order valence-electron chi connectivity index (χ4n) is 5.62. The predicted octanol–water partition coefficient (Wildman–Crippen LogP) is 2.27. The Balaban J connectivity index is 1.44. The van der Waals surface area contributed by atoms with Crippen LogP contribution in [0.4, 0.5) is 4.79 Å². The first kappa shape index (κ1) is 13.4. The molecule has 4 saturated carbocycles. The van der Waals surface area contributed by atoms with E-state index >= 15 is 0 Å². The standard InChI is InChI=1S/C16H26N4O/c17-15(18)20(14-8-10-2-4-12(14)6-10)16(21)19-13-7-9-1-3-11(13)5-9/h9-14H,1-8H2,(H3,17,18)(H,19,21). The number of hydrogen-bond donors (Lipinski definition) is 3. The Hall–Kier alpha value is -1.26. The molecular weight excluding hydrogens is 264 g/mol. The Morgan fingerprint density at radius 1 is 1.00 bits per heavy atom. The van der Waals surface area contributed by atoms with Crippen LogP contribution in [0.2, 0.25) is 0 Å². The van der Waals surface area contributed by atoms with Gasteiger partial charge in [0.25, 0.3) is 0 Å². The predicted molar refractivity (Wildman–Crippen MR) is 80.8 cm³/mol. The van der Waals surface area contributed by atoms with Gasteiger partial charge in [0, 0.05) is 12.1 Å². The van der Waals surface area contributed by atoms with E-state index in [0.29, 0.717) is 17.9 Å².